The van der Waals surface area contributed by atoms with Crippen LogP contribution in [0.25, 0.3) is 0 Å². The Kier molecular flexibility index (Phi) is 3.50. The molecule has 0 spiro atoms. The van der Waals surface area contributed by atoms with Gasteiger partial charge in [0, 0.05) is 17.0 Å². The predicted molar refractivity (Wildman–Crippen MR) is 74.1 cm³/mol. The highest BCUT2D eigenvalue weighted by Gasteiger charge is 2.42. The van der Waals surface area contributed by atoms with E-state index in [1.54, 1.807) is 0 Å². The molecule has 102 valence electrons. The lowest BCUT2D eigenvalue weighted by molar-refractivity contribution is -0.127. The van der Waals surface area contributed by atoms with E-state index in [0.717, 1.165) is 30.7 Å². The van der Waals surface area contributed by atoms with Gasteiger partial charge in [-0.2, -0.15) is 0 Å². The lowest BCUT2D eigenvalue weighted by Gasteiger charge is -2.14. The molecule has 2 aliphatic carbocycles. The Morgan fingerprint density at radius 2 is 2.21 bits per heavy atom. The van der Waals surface area contributed by atoms with Gasteiger partial charge in [0.25, 0.3) is 0 Å². The van der Waals surface area contributed by atoms with Crippen molar-refractivity contribution in [3.05, 3.63) is 34.9 Å². The predicted octanol–water partition coefficient (Wildman–Crippen LogP) is 2.47. The summed E-state index contributed by atoms with van der Waals surface area (Å²) in [5.41, 5.74) is 1.18. The first-order chi connectivity index (χ1) is 9.15. The maximum Gasteiger partial charge on any atom is 0.225 e. The molecule has 4 atom stereocenters. The number of aliphatic hydroxyl groups is 1. The van der Waals surface area contributed by atoms with E-state index >= 15 is 0 Å². The first-order valence-corrected chi connectivity index (χ1v) is 7.27. The molecule has 2 fully saturated rings. The second-order valence-corrected chi connectivity index (χ2v) is 6.05. The molecule has 3 nitrogen and oxygen atoms in total. The van der Waals surface area contributed by atoms with Gasteiger partial charge in [-0.1, -0.05) is 23.7 Å². The van der Waals surface area contributed by atoms with E-state index < -0.39 is 6.10 Å². The molecule has 1 aromatic carbocycles. The summed E-state index contributed by atoms with van der Waals surface area (Å²) in [6, 6.07) is 8.01. The molecule has 2 N–H and O–H groups in total. The topological polar surface area (TPSA) is 49.3 Å². The van der Waals surface area contributed by atoms with Crippen LogP contribution in [0.3, 0.4) is 0 Å². The van der Waals surface area contributed by atoms with Crippen LogP contribution in [-0.4, -0.2) is 23.2 Å². The van der Waals surface area contributed by atoms with Gasteiger partial charge in [-0.15, -0.1) is 0 Å². The molecule has 0 saturated heterocycles. The second-order valence-electron chi connectivity index (χ2n) is 5.62. The minimum Gasteiger partial charge on any atom is -0.392 e. The first-order valence-electron chi connectivity index (χ1n) is 6.89. The van der Waals surface area contributed by atoms with Crippen molar-refractivity contribution in [1.29, 1.82) is 0 Å². The van der Waals surface area contributed by atoms with Crippen molar-refractivity contribution in [2.24, 2.45) is 5.92 Å². The molecule has 0 bridgehead atoms. The normalized spacial score (nSPS) is 33.2. The summed E-state index contributed by atoms with van der Waals surface area (Å²) in [5.74, 6) is 0.182. The van der Waals surface area contributed by atoms with Crippen LogP contribution < -0.4 is 5.32 Å². The lowest BCUT2D eigenvalue weighted by Crippen LogP contribution is -2.36. The molecule has 1 amide bonds. The third-order valence-corrected chi connectivity index (χ3v) is 4.45. The maximum absolute atomic E-state index is 12.1. The van der Waals surface area contributed by atoms with E-state index in [-0.39, 0.29) is 17.9 Å². The van der Waals surface area contributed by atoms with Gasteiger partial charge in [0.1, 0.15) is 0 Å². The van der Waals surface area contributed by atoms with Crippen molar-refractivity contribution in [2.45, 2.75) is 43.7 Å². The van der Waals surface area contributed by atoms with E-state index in [4.69, 9.17) is 11.6 Å². The number of nitrogens with one attached hydrogen (secondary N) is 1. The zero-order valence-electron chi connectivity index (χ0n) is 10.7. The summed E-state index contributed by atoms with van der Waals surface area (Å²) in [7, 11) is 0. The Morgan fingerprint density at radius 1 is 1.37 bits per heavy atom. The van der Waals surface area contributed by atoms with Crippen LogP contribution in [0.2, 0.25) is 5.02 Å². The highest BCUT2D eigenvalue weighted by Crippen LogP contribution is 2.42. The third kappa shape index (κ3) is 2.77. The molecule has 0 heterocycles. The average Bonchev–Trinajstić information content (AvgIpc) is 3.00. The quantitative estimate of drug-likeness (QED) is 0.893. The number of hydrogen-bond acceptors (Lipinski definition) is 2. The third-order valence-electron chi connectivity index (χ3n) is 4.21. The van der Waals surface area contributed by atoms with Gasteiger partial charge >= 0.3 is 0 Å². The molecule has 2 saturated carbocycles. The summed E-state index contributed by atoms with van der Waals surface area (Å²) in [4.78, 5) is 12.1. The average molecular weight is 280 g/mol. The maximum atomic E-state index is 12.1. The summed E-state index contributed by atoms with van der Waals surface area (Å²) in [5, 5.41) is 13.5. The molecule has 1 aromatic rings. The van der Waals surface area contributed by atoms with Crippen LogP contribution in [0.4, 0.5) is 0 Å². The van der Waals surface area contributed by atoms with Crippen LogP contribution in [-0.2, 0) is 4.79 Å². The van der Waals surface area contributed by atoms with Crippen molar-refractivity contribution in [1.82, 2.24) is 5.32 Å². The SMILES string of the molecule is O=C(NC1CC1c1cccc(Cl)c1)C1CCCC1O. The number of rotatable bonds is 3. The van der Waals surface area contributed by atoms with Crippen LogP contribution >= 0.6 is 11.6 Å². The van der Waals surface area contributed by atoms with E-state index in [0.29, 0.717) is 5.92 Å². The fourth-order valence-corrected chi connectivity index (χ4v) is 3.19. The minimum absolute atomic E-state index is 0.0135. The Labute approximate surface area is 118 Å². The molecule has 2 aliphatic rings. The van der Waals surface area contributed by atoms with E-state index in [1.165, 1.54) is 5.56 Å². The summed E-state index contributed by atoms with van der Waals surface area (Å²) in [6.45, 7) is 0. The molecule has 0 radical (unpaired) electrons. The number of aliphatic hydroxyl groups excluding tert-OH is 1. The lowest BCUT2D eigenvalue weighted by atomic mass is 10.1. The van der Waals surface area contributed by atoms with Crippen LogP contribution in [0.1, 0.15) is 37.2 Å². The zero-order valence-corrected chi connectivity index (χ0v) is 11.4. The number of halogens is 1. The smallest absolute Gasteiger partial charge is 0.225 e. The number of hydrogen-bond donors (Lipinski definition) is 2. The zero-order chi connectivity index (χ0) is 13.4. The van der Waals surface area contributed by atoms with Crippen molar-refractivity contribution >= 4 is 17.5 Å². The minimum atomic E-state index is -0.455. The molecule has 4 unspecified atom stereocenters. The molecule has 0 aliphatic heterocycles. The van der Waals surface area contributed by atoms with Gasteiger partial charge in [-0.3, -0.25) is 4.79 Å². The van der Waals surface area contributed by atoms with Gasteiger partial charge in [-0.05, 0) is 43.4 Å². The number of carbonyl (C=O) groups is 1. The second kappa shape index (κ2) is 5.14. The van der Waals surface area contributed by atoms with Gasteiger partial charge in [0.05, 0.1) is 12.0 Å². The largest absolute Gasteiger partial charge is 0.392 e. The summed E-state index contributed by atoms with van der Waals surface area (Å²) < 4.78 is 0. The molecular formula is C15H18ClNO2. The van der Waals surface area contributed by atoms with Gasteiger partial charge in [-0.25, -0.2) is 0 Å². The van der Waals surface area contributed by atoms with Crippen molar-refractivity contribution in [2.75, 3.05) is 0 Å². The Balaban J connectivity index is 1.57. The van der Waals surface area contributed by atoms with Gasteiger partial charge in [0.15, 0.2) is 0 Å². The Bertz CT molecular complexity index is 491. The fraction of sp³-hybridized carbons (Fsp3) is 0.533. The van der Waals surface area contributed by atoms with Crippen molar-refractivity contribution < 1.29 is 9.90 Å². The van der Waals surface area contributed by atoms with Crippen molar-refractivity contribution in [3.8, 4) is 0 Å². The van der Waals surface area contributed by atoms with Crippen LogP contribution in [0.5, 0.6) is 0 Å². The van der Waals surface area contributed by atoms with Gasteiger partial charge in [0.2, 0.25) is 5.91 Å². The molecular weight excluding hydrogens is 262 g/mol. The number of amides is 1. The molecule has 0 aromatic heterocycles. The fourth-order valence-electron chi connectivity index (χ4n) is 3.00. The van der Waals surface area contributed by atoms with Crippen LogP contribution in [0.15, 0.2) is 24.3 Å². The molecule has 4 heteroatoms. The Hall–Kier alpha value is -1.06. The first kappa shape index (κ1) is 12.9. The van der Waals surface area contributed by atoms with E-state index in [9.17, 15) is 9.90 Å². The van der Waals surface area contributed by atoms with Gasteiger partial charge < -0.3 is 10.4 Å². The Morgan fingerprint density at radius 3 is 2.89 bits per heavy atom. The molecule has 3 rings (SSSR count). The number of benzene rings is 1. The van der Waals surface area contributed by atoms with Crippen molar-refractivity contribution in [3.63, 3.8) is 0 Å². The monoisotopic (exact) mass is 279 g/mol. The highest BCUT2D eigenvalue weighted by molar-refractivity contribution is 6.30. The molecule has 19 heavy (non-hydrogen) atoms. The van der Waals surface area contributed by atoms with E-state index in [1.807, 2.05) is 24.3 Å². The highest BCUT2D eigenvalue weighted by atomic mass is 35.5. The summed E-state index contributed by atoms with van der Waals surface area (Å²) in [6.07, 6.45) is 3.02. The van der Waals surface area contributed by atoms with Crippen LogP contribution in [0, 0.1) is 5.92 Å². The van der Waals surface area contributed by atoms with E-state index in [2.05, 4.69) is 5.32 Å². The standard InChI is InChI=1S/C15H18ClNO2/c16-10-4-1-3-9(7-10)12-8-13(12)17-15(19)11-5-2-6-14(11)18/h1,3-4,7,11-14,18H,2,5-6,8H2,(H,17,19). The number of carbonyl (C=O) groups excluding carboxylic acids is 1. The summed E-state index contributed by atoms with van der Waals surface area (Å²) >= 11 is 5.97.